The Kier molecular flexibility index (Phi) is 15.4. The normalized spacial score (nSPS) is 34.7. The molecule has 0 aromatic carbocycles. The summed E-state index contributed by atoms with van der Waals surface area (Å²) in [6.07, 6.45) is -16.9. The van der Waals surface area contributed by atoms with Gasteiger partial charge in [-0.2, -0.15) is 0 Å². The zero-order chi connectivity index (χ0) is 56.7. The van der Waals surface area contributed by atoms with E-state index in [4.69, 9.17) is 58.3 Å². The van der Waals surface area contributed by atoms with Gasteiger partial charge in [-0.25, -0.2) is 71.2 Å². The molecule has 15 atom stereocenters. The zero-order valence-electron chi connectivity index (χ0n) is 42.7. The number of hydrogen-bond acceptors (Lipinski definition) is 22. The van der Waals surface area contributed by atoms with E-state index in [1.807, 2.05) is 0 Å². The maximum Gasteiger partial charge on any atom is 0.412 e. The number of nitrogens with one attached hydrogen (secondary N) is 2. The molecule has 3 unspecified atom stereocenters. The van der Waals surface area contributed by atoms with Gasteiger partial charge in [0, 0.05) is 19.3 Å². The third-order valence-corrected chi connectivity index (χ3v) is 16.3. The molecule has 36 heteroatoms. The first-order valence-electron chi connectivity index (χ1n) is 24.5. The van der Waals surface area contributed by atoms with E-state index in [1.54, 1.807) is 41.5 Å². The van der Waals surface area contributed by atoms with Gasteiger partial charge in [0.25, 0.3) is 0 Å². The Hall–Kier alpha value is -5.15. The number of hydrogen-bond donors (Lipinski definition) is 4. The summed E-state index contributed by atoms with van der Waals surface area (Å²) in [5.74, 6) is -0.388. The van der Waals surface area contributed by atoms with Crippen LogP contribution in [-0.4, -0.2) is 189 Å². The van der Waals surface area contributed by atoms with Crippen LogP contribution in [0.5, 0.6) is 0 Å². The molecule has 0 radical (unpaired) electrons. The number of carbonyl (C=O) groups excluding carboxylic acids is 4. The molecule has 3 N–H and O–H groups in total. The second kappa shape index (κ2) is 21.3. The second-order valence-electron chi connectivity index (χ2n) is 21.3. The monoisotopic (exact) mass is 1200 g/mol. The van der Waals surface area contributed by atoms with E-state index in [0.717, 1.165) is 44.2 Å². The number of aromatic nitrogens is 8. The largest absolute Gasteiger partial charge is 0.447 e. The number of amides is 4. The lowest BCUT2D eigenvalue weighted by Crippen LogP contribution is -2.42. The Morgan fingerprint density at radius 3 is 1.78 bits per heavy atom. The standard InChI is InChI=1S/C43H54F4N12O16P2S2/c1-41(2,3)71-39(62)56-10-19(44)7-21(56)12-66-37(60)54-31-27-33(50-15-48-31)58(17-52-27)35-25(46)29-23(69-35)14-68-76(64,78)75-30-26(47)36(70-43(30)9-24(43)73-77(65,79)74-29)59-18-53-28-32(49-16-51-34(28)59)55-38(61)67-13-22-8-20(45)11-57(22)40(63)72-42(4,5)6/h15-26,29-30,35-36H,7-14H2,1-6H3,(H,64,78)(H,65,79)(H,48,50,54,60)(H,49,51,55,61)/t19-,20-,21-,22-,23+,24+,25+,26+,29+,30-,35+,36+,43?,76?,77?/m0/s1. The van der Waals surface area contributed by atoms with Crippen LogP contribution in [0.4, 0.5) is 48.4 Å². The smallest absolute Gasteiger partial charge is 0.412 e. The highest BCUT2D eigenvalue weighted by atomic mass is 32.7. The van der Waals surface area contributed by atoms with Crippen LogP contribution in [0.3, 0.4) is 0 Å². The first kappa shape index (κ1) is 57.1. The molecule has 4 amide bonds. The van der Waals surface area contributed by atoms with E-state index < -0.39 is 148 Å². The number of anilines is 2. The van der Waals surface area contributed by atoms with Gasteiger partial charge < -0.3 is 37.8 Å². The molecular weight excluding hydrogens is 1140 g/mol. The average molecular weight is 1200 g/mol. The molecule has 6 aliphatic rings. The van der Waals surface area contributed by atoms with E-state index in [2.05, 4.69) is 52.8 Å². The summed E-state index contributed by atoms with van der Waals surface area (Å²) in [6, 6.07) is -1.66. The quantitative estimate of drug-likeness (QED) is 0.0666. The van der Waals surface area contributed by atoms with E-state index in [0.29, 0.717) is 0 Å². The van der Waals surface area contributed by atoms with Gasteiger partial charge >= 0.3 is 37.9 Å². The first-order chi connectivity index (χ1) is 37.1. The lowest BCUT2D eigenvalue weighted by molar-refractivity contribution is -0.0646. The van der Waals surface area contributed by atoms with Crippen LogP contribution in [0.15, 0.2) is 25.3 Å². The SMILES string of the molecule is CC(C)(C)OC(=O)N1C[C@@H](F)C[C@H]1COC(=O)Nc1ncnc2c1ncn2[C@@H]1O[C@@H]2COP(O)(=S)O[C@H]3[C@@H](F)[C@H](n4cnc5c(NC(=O)OC[C@@H]6C[C@H](F)CN6C(=O)OC(C)(C)C)ncnc54)OC34C[C@H]4OP(=O)(S)O[C@H]2[C@H]1F. The summed E-state index contributed by atoms with van der Waals surface area (Å²) >= 11 is 9.48. The predicted octanol–water partition coefficient (Wildman–Crippen LogP) is 6.14. The number of halogens is 4. The van der Waals surface area contributed by atoms with Gasteiger partial charge in [0.15, 0.2) is 58.8 Å². The number of carbonyl (C=O) groups is 4. The number of fused-ring (bicyclic) bond motifs is 3. The minimum absolute atomic E-state index is 0.0735. The molecular formula is C43H54F4N12O16P2S2. The first-order valence-corrected chi connectivity index (χ1v) is 29.8. The summed E-state index contributed by atoms with van der Waals surface area (Å²) < 4.78 is 136. The predicted molar refractivity (Wildman–Crippen MR) is 268 cm³/mol. The molecule has 1 spiro atoms. The van der Waals surface area contributed by atoms with Crippen molar-refractivity contribution in [1.29, 1.82) is 0 Å². The van der Waals surface area contributed by atoms with E-state index >= 15 is 8.78 Å². The molecule has 79 heavy (non-hydrogen) atoms. The third-order valence-electron chi connectivity index (χ3n) is 13.2. The number of nitrogens with zero attached hydrogens (tertiary/aromatic N) is 10. The summed E-state index contributed by atoms with van der Waals surface area (Å²) in [7, 11) is 0. The van der Waals surface area contributed by atoms with Gasteiger partial charge in [0.1, 0.15) is 79.4 Å². The highest BCUT2D eigenvalue weighted by Gasteiger charge is 2.74. The number of ether oxygens (including phenoxy) is 6. The van der Waals surface area contributed by atoms with Crippen LogP contribution in [0.2, 0.25) is 0 Å². The van der Waals surface area contributed by atoms with Crippen molar-refractivity contribution in [2.24, 2.45) is 0 Å². The Bertz CT molecular complexity index is 3130. The molecule has 1 saturated carbocycles. The average Bonchev–Trinajstić information content (AvgIpc) is 4.26. The van der Waals surface area contributed by atoms with Crippen molar-refractivity contribution in [3.8, 4) is 0 Å². The number of thiol groups is 1. The summed E-state index contributed by atoms with van der Waals surface area (Å²) in [5, 5.41) is 4.83. The summed E-state index contributed by atoms with van der Waals surface area (Å²) in [4.78, 5) is 90.2. The lowest BCUT2D eigenvalue weighted by Gasteiger charge is -2.29. The van der Waals surface area contributed by atoms with Crippen LogP contribution in [0, 0.1) is 0 Å². The Morgan fingerprint density at radius 1 is 0.772 bits per heavy atom. The van der Waals surface area contributed by atoms with Crippen molar-refractivity contribution >= 4 is 95.9 Å². The Balaban J connectivity index is 0.800. The van der Waals surface area contributed by atoms with Gasteiger partial charge in [-0.1, -0.05) is 12.2 Å². The Labute approximate surface area is 456 Å². The van der Waals surface area contributed by atoms with E-state index in [1.165, 1.54) is 0 Å². The molecule has 4 aromatic heterocycles. The van der Waals surface area contributed by atoms with E-state index in [9.17, 15) is 37.4 Å². The van der Waals surface area contributed by atoms with Crippen molar-refractivity contribution in [2.45, 2.75) is 151 Å². The van der Waals surface area contributed by atoms with Crippen molar-refractivity contribution in [3.63, 3.8) is 0 Å². The van der Waals surface area contributed by atoms with Crippen molar-refractivity contribution in [1.82, 2.24) is 48.8 Å². The van der Waals surface area contributed by atoms with Gasteiger partial charge in [-0.15, -0.1) is 0 Å². The zero-order valence-corrected chi connectivity index (χ0v) is 46.2. The minimum atomic E-state index is -4.67. The number of likely N-dealkylation sites (tertiary alicyclic amines) is 2. The van der Waals surface area contributed by atoms with Crippen molar-refractivity contribution in [3.05, 3.63) is 25.3 Å². The number of rotatable bonds is 8. The third kappa shape index (κ3) is 12.1. The van der Waals surface area contributed by atoms with Crippen molar-refractivity contribution in [2.75, 3.05) is 43.5 Å². The van der Waals surface area contributed by atoms with Crippen LogP contribution < -0.4 is 10.6 Å². The van der Waals surface area contributed by atoms with Gasteiger partial charge in [0.2, 0.25) is 0 Å². The fourth-order valence-electron chi connectivity index (χ4n) is 9.77. The topological polar surface area (TPSA) is 316 Å². The molecule has 5 aliphatic heterocycles. The van der Waals surface area contributed by atoms with Gasteiger partial charge in [-0.3, -0.25) is 43.1 Å². The fourth-order valence-corrected chi connectivity index (χ4v) is 13.1. The molecule has 4 aromatic rings. The van der Waals surface area contributed by atoms with Crippen LogP contribution in [0.1, 0.15) is 73.3 Å². The molecule has 9 heterocycles. The molecule has 0 bridgehead atoms. The number of imidazole rings is 2. The van der Waals surface area contributed by atoms with Crippen LogP contribution in [-0.2, 0) is 62.9 Å². The molecule has 28 nitrogen and oxygen atoms in total. The van der Waals surface area contributed by atoms with E-state index in [-0.39, 0.29) is 66.3 Å². The number of alkyl halides is 4. The van der Waals surface area contributed by atoms with Gasteiger partial charge in [-0.05, 0) is 53.3 Å². The molecule has 432 valence electrons. The molecule has 1 aliphatic carbocycles. The van der Waals surface area contributed by atoms with Crippen molar-refractivity contribution < 1.29 is 92.7 Å². The maximum absolute atomic E-state index is 17.0. The molecule has 10 rings (SSSR count). The second-order valence-corrected chi connectivity index (χ2v) is 26.9. The Morgan fingerprint density at radius 2 is 1.28 bits per heavy atom. The minimum Gasteiger partial charge on any atom is -0.447 e. The highest BCUT2D eigenvalue weighted by molar-refractivity contribution is 8.44. The van der Waals surface area contributed by atoms with Crippen LogP contribution in [0.25, 0.3) is 22.3 Å². The molecule has 5 saturated heterocycles. The summed E-state index contributed by atoms with van der Waals surface area (Å²) in [5.41, 5.74) is -3.88. The highest BCUT2D eigenvalue weighted by Crippen LogP contribution is 2.68. The molecule has 6 fully saturated rings. The lowest BCUT2D eigenvalue weighted by atomic mass is 10.1. The fraction of sp³-hybridized carbons (Fsp3) is 0.674. The van der Waals surface area contributed by atoms with Gasteiger partial charge in [0.05, 0.1) is 44.4 Å². The van der Waals surface area contributed by atoms with Crippen LogP contribution >= 0.6 is 25.8 Å². The maximum atomic E-state index is 17.0. The summed E-state index contributed by atoms with van der Waals surface area (Å²) in [6.45, 7) is -1.36.